The second-order valence-electron chi connectivity index (χ2n) is 3.40. The number of carboxylic acids is 1. The maximum Gasteiger partial charge on any atom is 0.303 e. The van der Waals surface area contributed by atoms with Crippen LogP contribution in [0.3, 0.4) is 0 Å². The molecule has 0 aromatic heterocycles. The number of carbonyl (C=O) groups is 1. The Balaban J connectivity index is 2.26. The quantitative estimate of drug-likeness (QED) is 0.638. The van der Waals surface area contributed by atoms with Gasteiger partial charge in [0.2, 0.25) is 0 Å². The van der Waals surface area contributed by atoms with Crippen LogP contribution in [0.2, 0.25) is 0 Å². The molecule has 0 amide bonds. The zero-order valence-electron chi connectivity index (χ0n) is 6.66. The highest BCUT2D eigenvalue weighted by Crippen LogP contribution is 2.36. The second-order valence-corrected chi connectivity index (χ2v) is 3.40. The van der Waals surface area contributed by atoms with Gasteiger partial charge in [0.05, 0.1) is 12.5 Å². The lowest BCUT2D eigenvalue weighted by molar-refractivity contribution is -0.139. The van der Waals surface area contributed by atoms with Crippen LogP contribution in [0.5, 0.6) is 0 Å². The van der Waals surface area contributed by atoms with Gasteiger partial charge in [-0.05, 0) is 24.7 Å². The van der Waals surface area contributed by atoms with E-state index in [0.717, 1.165) is 12.8 Å². The number of carboxylic acid groups (broad SMARTS) is 1. The first-order chi connectivity index (χ1) is 5.11. The first-order valence-electron chi connectivity index (χ1n) is 4.01. The van der Waals surface area contributed by atoms with Crippen molar-refractivity contribution in [3.8, 4) is 0 Å². The highest BCUT2D eigenvalue weighted by Gasteiger charge is 2.33. The summed E-state index contributed by atoms with van der Waals surface area (Å²) in [6, 6.07) is 0. The van der Waals surface area contributed by atoms with Crippen LogP contribution >= 0.6 is 0 Å². The fraction of sp³-hybridized carbons (Fsp3) is 0.875. The zero-order chi connectivity index (χ0) is 8.43. The van der Waals surface area contributed by atoms with Crippen LogP contribution in [-0.2, 0) is 4.79 Å². The summed E-state index contributed by atoms with van der Waals surface area (Å²) < 4.78 is 0. The SMILES string of the molecule is CC(CC(=O)O)C(O)C1CC1. The van der Waals surface area contributed by atoms with E-state index in [9.17, 15) is 9.90 Å². The molecule has 0 heterocycles. The van der Waals surface area contributed by atoms with Crippen LogP contribution in [0.25, 0.3) is 0 Å². The predicted octanol–water partition coefficient (Wildman–Crippen LogP) is 0.868. The standard InChI is InChI=1S/C8H14O3/c1-5(4-7(9)10)8(11)6-2-3-6/h5-6,8,11H,2-4H2,1H3,(H,9,10). The van der Waals surface area contributed by atoms with Crippen molar-refractivity contribution in [2.45, 2.75) is 32.3 Å². The van der Waals surface area contributed by atoms with E-state index >= 15 is 0 Å². The van der Waals surface area contributed by atoms with E-state index in [1.54, 1.807) is 6.92 Å². The molecule has 1 aliphatic carbocycles. The van der Waals surface area contributed by atoms with Gasteiger partial charge < -0.3 is 10.2 Å². The van der Waals surface area contributed by atoms with E-state index in [2.05, 4.69) is 0 Å². The van der Waals surface area contributed by atoms with Crippen LogP contribution in [0.4, 0.5) is 0 Å². The van der Waals surface area contributed by atoms with Gasteiger partial charge in [0.15, 0.2) is 0 Å². The molecule has 2 unspecified atom stereocenters. The van der Waals surface area contributed by atoms with Crippen molar-refractivity contribution in [1.82, 2.24) is 0 Å². The van der Waals surface area contributed by atoms with Crippen molar-refractivity contribution in [3.63, 3.8) is 0 Å². The molecule has 0 radical (unpaired) electrons. The van der Waals surface area contributed by atoms with Crippen LogP contribution in [0, 0.1) is 11.8 Å². The molecule has 2 N–H and O–H groups in total. The Bertz CT molecular complexity index is 151. The van der Waals surface area contributed by atoms with Crippen molar-refractivity contribution in [2.75, 3.05) is 0 Å². The summed E-state index contributed by atoms with van der Waals surface area (Å²) in [5.74, 6) is -0.540. The Morgan fingerprint density at radius 1 is 1.64 bits per heavy atom. The van der Waals surface area contributed by atoms with Crippen molar-refractivity contribution < 1.29 is 15.0 Å². The molecule has 11 heavy (non-hydrogen) atoms. The first kappa shape index (κ1) is 8.53. The minimum atomic E-state index is -0.822. The van der Waals surface area contributed by atoms with E-state index < -0.39 is 12.1 Å². The Kier molecular flexibility index (Phi) is 2.49. The molecule has 3 heteroatoms. The third kappa shape index (κ3) is 2.50. The number of aliphatic hydroxyl groups is 1. The van der Waals surface area contributed by atoms with Gasteiger partial charge in [-0.25, -0.2) is 0 Å². The van der Waals surface area contributed by atoms with Gasteiger partial charge in [0, 0.05) is 0 Å². The van der Waals surface area contributed by atoms with Crippen molar-refractivity contribution in [2.24, 2.45) is 11.8 Å². The van der Waals surface area contributed by atoms with Gasteiger partial charge in [-0.2, -0.15) is 0 Å². The summed E-state index contributed by atoms with van der Waals surface area (Å²) in [7, 11) is 0. The fourth-order valence-corrected chi connectivity index (χ4v) is 1.30. The Labute approximate surface area is 66.0 Å². The molecule has 0 aromatic rings. The molecule has 0 spiro atoms. The summed E-state index contributed by atoms with van der Waals surface area (Å²) in [5, 5.41) is 17.9. The number of rotatable bonds is 4. The normalized spacial score (nSPS) is 22.7. The minimum absolute atomic E-state index is 0.0810. The summed E-state index contributed by atoms with van der Waals surface area (Å²) in [5.41, 5.74) is 0. The third-order valence-electron chi connectivity index (χ3n) is 2.18. The molecule has 1 rings (SSSR count). The third-order valence-corrected chi connectivity index (χ3v) is 2.18. The summed E-state index contributed by atoms with van der Waals surface area (Å²) in [4.78, 5) is 10.2. The zero-order valence-corrected chi connectivity index (χ0v) is 6.66. The maximum atomic E-state index is 10.2. The van der Waals surface area contributed by atoms with E-state index in [-0.39, 0.29) is 12.3 Å². The van der Waals surface area contributed by atoms with Crippen LogP contribution in [0.15, 0.2) is 0 Å². The number of aliphatic hydroxyl groups excluding tert-OH is 1. The van der Waals surface area contributed by atoms with Crippen molar-refractivity contribution in [1.29, 1.82) is 0 Å². The van der Waals surface area contributed by atoms with Crippen LogP contribution in [-0.4, -0.2) is 22.3 Å². The highest BCUT2D eigenvalue weighted by atomic mass is 16.4. The van der Waals surface area contributed by atoms with E-state index in [1.165, 1.54) is 0 Å². The Morgan fingerprint density at radius 3 is 2.55 bits per heavy atom. The van der Waals surface area contributed by atoms with Gasteiger partial charge in [-0.1, -0.05) is 6.92 Å². The lowest BCUT2D eigenvalue weighted by atomic mass is 9.97. The average Bonchev–Trinajstić information content (AvgIpc) is 2.65. The van der Waals surface area contributed by atoms with Crippen molar-refractivity contribution >= 4 is 5.97 Å². The molecule has 0 bridgehead atoms. The van der Waals surface area contributed by atoms with Gasteiger partial charge in [-0.3, -0.25) is 4.79 Å². The molecular weight excluding hydrogens is 144 g/mol. The van der Waals surface area contributed by atoms with E-state index in [4.69, 9.17) is 5.11 Å². The van der Waals surface area contributed by atoms with Crippen molar-refractivity contribution in [3.05, 3.63) is 0 Å². The minimum Gasteiger partial charge on any atom is -0.481 e. The fourth-order valence-electron chi connectivity index (χ4n) is 1.30. The summed E-state index contributed by atoms with van der Waals surface area (Å²) >= 11 is 0. The summed E-state index contributed by atoms with van der Waals surface area (Å²) in [6.45, 7) is 1.79. The molecule has 3 nitrogen and oxygen atoms in total. The second kappa shape index (κ2) is 3.22. The largest absolute Gasteiger partial charge is 0.481 e. The number of hydrogen-bond acceptors (Lipinski definition) is 2. The lowest BCUT2D eigenvalue weighted by Gasteiger charge is -2.15. The van der Waals surface area contributed by atoms with Crippen LogP contribution in [0.1, 0.15) is 26.2 Å². The van der Waals surface area contributed by atoms with Gasteiger partial charge >= 0.3 is 5.97 Å². The van der Waals surface area contributed by atoms with Crippen LogP contribution < -0.4 is 0 Å². The van der Waals surface area contributed by atoms with Gasteiger partial charge in [0.1, 0.15) is 0 Å². The molecular formula is C8H14O3. The first-order valence-corrected chi connectivity index (χ1v) is 4.01. The van der Waals surface area contributed by atoms with E-state index in [0.29, 0.717) is 5.92 Å². The molecule has 1 fully saturated rings. The van der Waals surface area contributed by atoms with E-state index in [1.807, 2.05) is 0 Å². The topological polar surface area (TPSA) is 57.5 Å². The van der Waals surface area contributed by atoms with Gasteiger partial charge in [-0.15, -0.1) is 0 Å². The molecule has 0 aliphatic heterocycles. The number of hydrogen-bond donors (Lipinski definition) is 2. The predicted molar refractivity (Wildman–Crippen MR) is 40.1 cm³/mol. The molecule has 0 saturated heterocycles. The maximum absolute atomic E-state index is 10.2. The lowest BCUT2D eigenvalue weighted by Crippen LogP contribution is -2.22. The Hall–Kier alpha value is -0.570. The molecule has 64 valence electrons. The average molecular weight is 158 g/mol. The monoisotopic (exact) mass is 158 g/mol. The molecule has 1 aliphatic rings. The Morgan fingerprint density at radius 2 is 2.18 bits per heavy atom. The molecule has 0 aromatic carbocycles. The molecule has 2 atom stereocenters. The van der Waals surface area contributed by atoms with Gasteiger partial charge in [0.25, 0.3) is 0 Å². The highest BCUT2D eigenvalue weighted by molar-refractivity contribution is 5.67. The number of aliphatic carboxylic acids is 1. The molecule has 1 saturated carbocycles. The smallest absolute Gasteiger partial charge is 0.303 e. The summed E-state index contributed by atoms with van der Waals surface area (Å²) in [6.07, 6.45) is 1.81.